The van der Waals surface area contributed by atoms with Crippen molar-refractivity contribution >= 4 is 38.9 Å². The average molecular weight is 506 g/mol. The van der Waals surface area contributed by atoms with E-state index in [2.05, 4.69) is 5.32 Å². The van der Waals surface area contributed by atoms with E-state index in [1.54, 1.807) is 53.4 Å². The van der Waals surface area contributed by atoms with Crippen LogP contribution in [0.2, 0.25) is 0 Å². The molecule has 0 radical (unpaired) electrons. The highest BCUT2D eigenvalue weighted by Crippen LogP contribution is 2.29. The third-order valence-electron chi connectivity index (χ3n) is 6.38. The van der Waals surface area contributed by atoms with Crippen LogP contribution < -0.4 is 14.5 Å². The van der Waals surface area contributed by atoms with E-state index in [9.17, 15) is 18.0 Å². The number of anilines is 3. The lowest BCUT2D eigenvalue weighted by atomic mass is 10.1. The Hall–Kier alpha value is -3.65. The summed E-state index contributed by atoms with van der Waals surface area (Å²) in [7, 11) is -3.99. The van der Waals surface area contributed by atoms with Crippen molar-refractivity contribution in [1.29, 1.82) is 0 Å². The number of amides is 2. The minimum atomic E-state index is -3.99. The van der Waals surface area contributed by atoms with Crippen LogP contribution in [0.3, 0.4) is 0 Å². The molecule has 36 heavy (non-hydrogen) atoms. The molecule has 1 heterocycles. The monoisotopic (exact) mass is 505 g/mol. The lowest BCUT2D eigenvalue weighted by Crippen LogP contribution is -2.38. The molecule has 0 spiro atoms. The molecule has 8 heteroatoms. The fourth-order valence-corrected chi connectivity index (χ4v) is 5.92. The highest BCUT2D eigenvalue weighted by atomic mass is 32.2. The molecule has 3 aromatic carbocycles. The largest absolute Gasteiger partial charge is 0.325 e. The molecule has 7 nitrogen and oxygen atoms in total. The second-order valence-corrected chi connectivity index (χ2v) is 10.9. The van der Waals surface area contributed by atoms with Crippen molar-refractivity contribution in [1.82, 2.24) is 0 Å². The van der Waals surface area contributed by atoms with Gasteiger partial charge in [-0.3, -0.25) is 13.9 Å². The molecule has 0 saturated carbocycles. The molecule has 3 aromatic rings. The van der Waals surface area contributed by atoms with Gasteiger partial charge >= 0.3 is 0 Å². The molecule has 1 aliphatic heterocycles. The molecule has 0 atom stereocenters. The van der Waals surface area contributed by atoms with Gasteiger partial charge in [-0.25, -0.2) is 8.42 Å². The average Bonchev–Trinajstić information content (AvgIpc) is 3.28. The summed E-state index contributed by atoms with van der Waals surface area (Å²) in [6.07, 6.45) is 2.00. The molecule has 4 rings (SSSR count). The first-order chi connectivity index (χ1) is 17.2. The predicted molar refractivity (Wildman–Crippen MR) is 143 cm³/mol. The molecule has 1 saturated heterocycles. The van der Waals surface area contributed by atoms with Crippen LogP contribution in [-0.2, 0) is 26.0 Å². The van der Waals surface area contributed by atoms with Gasteiger partial charge in [-0.1, -0.05) is 42.8 Å². The Morgan fingerprint density at radius 3 is 2.39 bits per heavy atom. The van der Waals surface area contributed by atoms with Crippen LogP contribution in [0.25, 0.3) is 0 Å². The molecule has 2 amide bonds. The number of hydrogen-bond donors (Lipinski definition) is 1. The smallest absolute Gasteiger partial charge is 0.264 e. The molecule has 0 aromatic heterocycles. The van der Waals surface area contributed by atoms with Crippen molar-refractivity contribution in [2.75, 3.05) is 27.6 Å². The van der Waals surface area contributed by atoms with E-state index >= 15 is 0 Å². The van der Waals surface area contributed by atoms with E-state index in [0.29, 0.717) is 30.8 Å². The lowest BCUT2D eigenvalue weighted by molar-refractivity contribution is -0.117. The van der Waals surface area contributed by atoms with E-state index in [-0.39, 0.29) is 17.3 Å². The zero-order valence-electron chi connectivity index (χ0n) is 20.8. The topological polar surface area (TPSA) is 86.8 Å². The summed E-state index contributed by atoms with van der Waals surface area (Å²) in [6.45, 7) is 6.04. The van der Waals surface area contributed by atoms with Gasteiger partial charge in [0.25, 0.3) is 10.0 Å². The number of para-hydroxylation sites is 1. The number of sulfonamides is 1. The SMILES string of the molecule is CCc1ccccc1N(CC(=O)Nc1ccc(N2CCCC2=O)c(C)c1)S(=O)(=O)c1ccc(C)cc1. The molecule has 1 aliphatic rings. The molecular weight excluding hydrogens is 474 g/mol. The van der Waals surface area contributed by atoms with Gasteiger partial charge in [0, 0.05) is 24.3 Å². The molecule has 0 aliphatic carbocycles. The maximum absolute atomic E-state index is 13.7. The summed E-state index contributed by atoms with van der Waals surface area (Å²) in [5, 5.41) is 2.83. The Morgan fingerprint density at radius 2 is 1.75 bits per heavy atom. The van der Waals surface area contributed by atoms with Crippen molar-refractivity contribution in [2.24, 2.45) is 0 Å². The Bertz CT molecular complexity index is 1380. The van der Waals surface area contributed by atoms with Crippen LogP contribution in [0.4, 0.5) is 17.1 Å². The number of rotatable bonds is 8. The first kappa shape index (κ1) is 25.4. The van der Waals surface area contributed by atoms with Gasteiger partial charge in [0.1, 0.15) is 6.54 Å². The summed E-state index contributed by atoms with van der Waals surface area (Å²) >= 11 is 0. The van der Waals surface area contributed by atoms with Crippen LogP contribution in [0.5, 0.6) is 0 Å². The maximum Gasteiger partial charge on any atom is 0.264 e. The van der Waals surface area contributed by atoms with Crippen LogP contribution in [0.15, 0.2) is 71.6 Å². The quantitative estimate of drug-likeness (QED) is 0.475. The summed E-state index contributed by atoms with van der Waals surface area (Å²) in [5.74, 6) is -0.359. The van der Waals surface area contributed by atoms with Gasteiger partial charge < -0.3 is 10.2 Å². The summed E-state index contributed by atoms with van der Waals surface area (Å²) in [6, 6.07) is 19.2. The van der Waals surface area contributed by atoms with E-state index in [1.807, 2.05) is 39.0 Å². The third-order valence-corrected chi connectivity index (χ3v) is 8.16. The highest BCUT2D eigenvalue weighted by Gasteiger charge is 2.29. The number of carbonyl (C=O) groups excluding carboxylic acids is 2. The zero-order valence-corrected chi connectivity index (χ0v) is 21.6. The van der Waals surface area contributed by atoms with E-state index < -0.39 is 15.9 Å². The normalized spacial score (nSPS) is 13.6. The van der Waals surface area contributed by atoms with Crippen molar-refractivity contribution in [3.05, 3.63) is 83.4 Å². The maximum atomic E-state index is 13.7. The summed E-state index contributed by atoms with van der Waals surface area (Å²) < 4.78 is 28.5. The Morgan fingerprint density at radius 1 is 1.03 bits per heavy atom. The molecule has 0 unspecified atom stereocenters. The minimum absolute atomic E-state index is 0.0985. The second kappa shape index (κ2) is 10.5. The molecule has 188 valence electrons. The number of benzene rings is 3. The highest BCUT2D eigenvalue weighted by molar-refractivity contribution is 7.92. The molecule has 0 bridgehead atoms. The van der Waals surface area contributed by atoms with E-state index in [4.69, 9.17) is 0 Å². The number of carbonyl (C=O) groups is 2. The van der Waals surface area contributed by atoms with Crippen molar-refractivity contribution < 1.29 is 18.0 Å². The van der Waals surface area contributed by atoms with Gasteiger partial charge in [-0.05, 0) is 74.2 Å². The standard InChI is InChI=1S/C28H31N3O4S/c1-4-22-8-5-6-9-26(22)31(36(34,35)24-14-11-20(2)12-15-24)19-27(32)29-23-13-16-25(21(3)18-23)30-17-7-10-28(30)33/h5-6,8-9,11-16,18H,4,7,10,17,19H2,1-3H3,(H,29,32). The second-order valence-electron chi connectivity index (χ2n) is 9.01. The third kappa shape index (κ3) is 5.28. The van der Waals surface area contributed by atoms with E-state index in [1.165, 1.54) is 4.31 Å². The van der Waals surface area contributed by atoms with Gasteiger partial charge in [-0.2, -0.15) is 0 Å². The first-order valence-corrected chi connectivity index (χ1v) is 13.5. The molecule has 1 N–H and O–H groups in total. The van der Waals surface area contributed by atoms with E-state index in [0.717, 1.165) is 28.8 Å². The van der Waals surface area contributed by atoms with Crippen LogP contribution in [-0.4, -0.2) is 33.3 Å². The number of nitrogens with zero attached hydrogens (tertiary/aromatic N) is 2. The first-order valence-electron chi connectivity index (χ1n) is 12.1. The van der Waals surface area contributed by atoms with Crippen LogP contribution in [0.1, 0.15) is 36.5 Å². The fraction of sp³-hybridized carbons (Fsp3) is 0.286. The Labute approximate surface area is 212 Å². The summed E-state index contributed by atoms with van der Waals surface area (Å²) in [4.78, 5) is 27.2. The summed E-state index contributed by atoms with van der Waals surface area (Å²) in [5.41, 5.74) is 4.50. The number of nitrogens with one attached hydrogen (secondary N) is 1. The van der Waals surface area contributed by atoms with Gasteiger partial charge in [0.2, 0.25) is 11.8 Å². The van der Waals surface area contributed by atoms with Crippen molar-refractivity contribution in [2.45, 2.75) is 44.9 Å². The van der Waals surface area contributed by atoms with Gasteiger partial charge in [0.15, 0.2) is 0 Å². The van der Waals surface area contributed by atoms with Crippen molar-refractivity contribution in [3.63, 3.8) is 0 Å². The minimum Gasteiger partial charge on any atom is -0.325 e. The number of hydrogen-bond acceptors (Lipinski definition) is 4. The van der Waals surface area contributed by atoms with Gasteiger partial charge in [0.05, 0.1) is 10.6 Å². The van der Waals surface area contributed by atoms with Crippen LogP contribution in [0, 0.1) is 13.8 Å². The lowest BCUT2D eigenvalue weighted by Gasteiger charge is -2.26. The Balaban J connectivity index is 1.61. The van der Waals surface area contributed by atoms with Crippen molar-refractivity contribution in [3.8, 4) is 0 Å². The molecular formula is C28H31N3O4S. The number of aryl methyl sites for hydroxylation is 3. The van der Waals surface area contributed by atoms with Gasteiger partial charge in [-0.15, -0.1) is 0 Å². The zero-order chi connectivity index (χ0) is 25.9. The predicted octanol–water partition coefficient (Wildman–Crippen LogP) is 4.83. The fourth-order valence-electron chi connectivity index (χ4n) is 4.46. The molecule has 1 fully saturated rings. The van der Waals surface area contributed by atoms with Crippen LogP contribution >= 0.6 is 0 Å². The Kier molecular flexibility index (Phi) is 7.45.